The minimum Gasteiger partial charge on any atom is -0.493 e. The summed E-state index contributed by atoms with van der Waals surface area (Å²) >= 11 is 6.15. The van der Waals surface area contributed by atoms with Crippen molar-refractivity contribution in [1.82, 2.24) is 0 Å². The molecule has 0 amide bonds. The van der Waals surface area contributed by atoms with Gasteiger partial charge in [-0.15, -0.1) is 0 Å². The molecule has 3 aromatic carbocycles. The summed E-state index contributed by atoms with van der Waals surface area (Å²) in [6.07, 6.45) is 1.54. The third-order valence-electron chi connectivity index (χ3n) is 4.03. The molecule has 8 heteroatoms. The van der Waals surface area contributed by atoms with Crippen LogP contribution in [0.5, 0.6) is 11.5 Å². The summed E-state index contributed by atoms with van der Waals surface area (Å²) in [5.74, 6) is 1.10. The fourth-order valence-electron chi connectivity index (χ4n) is 2.56. The van der Waals surface area contributed by atoms with Gasteiger partial charge in [-0.05, 0) is 35.9 Å². The number of nitro benzene ring substituents is 1. The van der Waals surface area contributed by atoms with Gasteiger partial charge >= 0.3 is 0 Å². The molecular formula is C21H18ClN3O4. The highest BCUT2D eigenvalue weighted by molar-refractivity contribution is 6.31. The summed E-state index contributed by atoms with van der Waals surface area (Å²) in [6, 6.07) is 19.1. The fourth-order valence-corrected chi connectivity index (χ4v) is 2.75. The number of nitrogens with one attached hydrogen (secondary N) is 1. The molecule has 3 aromatic rings. The van der Waals surface area contributed by atoms with Crippen LogP contribution in [0.2, 0.25) is 5.02 Å². The maximum absolute atomic E-state index is 11.0. The lowest BCUT2D eigenvalue weighted by Crippen LogP contribution is -1.99. The first-order valence-corrected chi connectivity index (χ1v) is 9.03. The smallest absolute Gasteiger partial charge is 0.294 e. The average molecular weight is 412 g/mol. The summed E-state index contributed by atoms with van der Waals surface area (Å²) in [5, 5.41) is 15.7. The zero-order valence-electron chi connectivity index (χ0n) is 15.5. The highest BCUT2D eigenvalue weighted by Gasteiger charge is 2.11. The van der Waals surface area contributed by atoms with Crippen molar-refractivity contribution in [2.75, 3.05) is 12.5 Å². The van der Waals surface area contributed by atoms with E-state index in [1.807, 2.05) is 18.2 Å². The third kappa shape index (κ3) is 5.24. The highest BCUT2D eigenvalue weighted by atomic mass is 35.5. The zero-order chi connectivity index (χ0) is 20.6. The van der Waals surface area contributed by atoms with E-state index in [4.69, 9.17) is 21.1 Å². The van der Waals surface area contributed by atoms with E-state index in [2.05, 4.69) is 10.5 Å². The van der Waals surface area contributed by atoms with E-state index >= 15 is 0 Å². The number of hydrogen-bond donors (Lipinski definition) is 1. The molecular weight excluding hydrogens is 394 g/mol. The number of nitrogens with zero attached hydrogens (tertiary/aromatic N) is 2. The van der Waals surface area contributed by atoms with E-state index < -0.39 is 4.92 Å². The van der Waals surface area contributed by atoms with Gasteiger partial charge in [0, 0.05) is 16.7 Å². The van der Waals surface area contributed by atoms with Crippen LogP contribution in [0.15, 0.2) is 71.8 Å². The molecule has 0 spiro atoms. The SMILES string of the molecule is COc1cc(C=NNc2ccccc2[N+](=O)[O-])ccc1OCc1ccccc1Cl. The van der Waals surface area contributed by atoms with Crippen LogP contribution in [0.3, 0.4) is 0 Å². The van der Waals surface area contributed by atoms with Gasteiger partial charge in [0.2, 0.25) is 0 Å². The molecule has 0 aliphatic heterocycles. The van der Waals surface area contributed by atoms with Gasteiger partial charge in [0.1, 0.15) is 12.3 Å². The van der Waals surface area contributed by atoms with Gasteiger partial charge in [0.25, 0.3) is 5.69 Å². The molecule has 0 atom stereocenters. The van der Waals surface area contributed by atoms with Crippen LogP contribution in [0.25, 0.3) is 0 Å². The average Bonchev–Trinajstić information content (AvgIpc) is 2.74. The number of benzene rings is 3. The lowest BCUT2D eigenvalue weighted by Gasteiger charge is -2.12. The topological polar surface area (TPSA) is 86.0 Å². The molecule has 0 aliphatic rings. The minimum absolute atomic E-state index is 0.0504. The number of rotatable bonds is 8. The number of hydrogen-bond acceptors (Lipinski definition) is 6. The van der Waals surface area contributed by atoms with Crippen LogP contribution in [0, 0.1) is 10.1 Å². The van der Waals surface area contributed by atoms with Gasteiger partial charge in [-0.2, -0.15) is 5.10 Å². The van der Waals surface area contributed by atoms with Crippen LogP contribution in [-0.2, 0) is 6.61 Å². The molecule has 0 radical (unpaired) electrons. The van der Waals surface area contributed by atoms with Crippen molar-refractivity contribution < 1.29 is 14.4 Å². The summed E-state index contributed by atoms with van der Waals surface area (Å²) < 4.78 is 11.2. The van der Waals surface area contributed by atoms with Gasteiger partial charge in [-0.1, -0.05) is 41.9 Å². The van der Waals surface area contributed by atoms with Gasteiger partial charge in [0.15, 0.2) is 11.5 Å². The quantitative estimate of drug-likeness (QED) is 0.309. The standard InChI is InChI=1S/C21H18ClN3O4/c1-28-21-12-15(13-23-24-18-8-4-5-9-19(18)25(26)27)10-11-20(21)29-14-16-6-2-3-7-17(16)22/h2-13,24H,14H2,1H3. The normalized spacial score (nSPS) is 10.7. The van der Waals surface area contributed by atoms with E-state index in [-0.39, 0.29) is 5.69 Å². The van der Waals surface area contributed by atoms with Gasteiger partial charge in [0.05, 0.1) is 18.2 Å². The van der Waals surface area contributed by atoms with E-state index in [0.29, 0.717) is 28.8 Å². The molecule has 0 aliphatic carbocycles. The molecule has 0 heterocycles. The van der Waals surface area contributed by atoms with E-state index in [1.165, 1.54) is 12.3 Å². The molecule has 0 fully saturated rings. The molecule has 148 valence electrons. The van der Waals surface area contributed by atoms with Crippen molar-refractivity contribution in [3.8, 4) is 11.5 Å². The lowest BCUT2D eigenvalue weighted by atomic mass is 10.2. The summed E-state index contributed by atoms with van der Waals surface area (Å²) in [6.45, 7) is 0.308. The summed E-state index contributed by atoms with van der Waals surface area (Å²) in [7, 11) is 1.55. The number of methoxy groups -OCH3 is 1. The number of anilines is 1. The monoisotopic (exact) mass is 411 g/mol. The first-order chi connectivity index (χ1) is 14.1. The number of para-hydroxylation sites is 2. The Morgan fingerprint density at radius 1 is 1.10 bits per heavy atom. The molecule has 0 unspecified atom stereocenters. The second-order valence-electron chi connectivity index (χ2n) is 5.93. The predicted octanol–water partition coefficient (Wildman–Crippen LogP) is 5.28. The minimum atomic E-state index is -0.466. The van der Waals surface area contributed by atoms with Crippen molar-refractivity contribution in [1.29, 1.82) is 0 Å². The van der Waals surface area contributed by atoms with Gasteiger partial charge in [-0.25, -0.2) is 0 Å². The zero-order valence-corrected chi connectivity index (χ0v) is 16.3. The van der Waals surface area contributed by atoms with Crippen LogP contribution < -0.4 is 14.9 Å². The van der Waals surface area contributed by atoms with Crippen molar-refractivity contribution in [2.24, 2.45) is 5.10 Å². The Hall–Kier alpha value is -3.58. The van der Waals surface area contributed by atoms with Crippen LogP contribution in [0.4, 0.5) is 11.4 Å². The Morgan fingerprint density at radius 2 is 1.86 bits per heavy atom. The van der Waals surface area contributed by atoms with Crippen molar-refractivity contribution in [3.05, 3.63) is 93.0 Å². The molecule has 0 saturated heterocycles. The molecule has 0 bridgehead atoms. The summed E-state index contributed by atoms with van der Waals surface area (Å²) in [5.41, 5.74) is 4.55. The second-order valence-corrected chi connectivity index (χ2v) is 6.34. The number of halogens is 1. The van der Waals surface area contributed by atoms with Gasteiger partial charge < -0.3 is 9.47 Å². The van der Waals surface area contributed by atoms with E-state index in [0.717, 1.165) is 11.1 Å². The van der Waals surface area contributed by atoms with Crippen molar-refractivity contribution >= 4 is 29.2 Å². The first-order valence-electron chi connectivity index (χ1n) is 8.65. The highest BCUT2D eigenvalue weighted by Crippen LogP contribution is 2.29. The van der Waals surface area contributed by atoms with Crippen molar-refractivity contribution in [2.45, 2.75) is 6.61 Å². The Morgan fingerprint density at radius 3 is 2.62 bits per heavy atom. The maximum Gasteiger partial charge on any atom is 0.294 e. The van der Waals surface area contributed by atoms with Crippen LogP contribution in [-0.4, -0.2) is 18.2 Å². The largest absolute Gasteiger partial charge is 0.493 e. The molecule has 0 aromatic heterocycles. The van der Waals surface area contributed by atoms with Crippen LogP contribution >= 0.6 is 11.6 Å². The third-order valence-corrected chi connectivity index (χ3v) is 4.40. The van der Waals surface area contributed by atoms with E-state index in [9.17, 15) is 10.1 Å². The molecule has 7 nitrogen and oxygen atoms in total. The molecule has 1 N–H and O–H groups in total. The Balaban J connectivity index is 1.69. The number of hydrazone groups is 1. The lowest BCUT2D eigenvalue weighted by molar-refractivity contribution is -0.384. The Labute approximate surface area is 172 Å². The number of nitro groups is 1. The maximum atomic E-state index is 11.0. The van der Waals surface area contributed by atoms with E-state index in [1.54, 1.807) is 49.6 Å². The summed E-state index contributed by atoms with van der Waals surface area (Å²) in [4.78, 5) is 10.6. The Kier molecular flexibility index (Phi) is 6.65. The van der Waals surface area contributed by atoms with Gasteiger partial charge in [-0.3, -0.25) is 15.5 Å². The molecule has 29 heavy (non-hydrogen) atoms. The first kappa shape index (κ1) is 20.2. The predicted molar refractivity (Wildman–Crippen MR) is 113 cm³/mol. The van der Waals surface area contributed by atoms with Crippen LogP contribution in [0.1, 0.15) is 11.1 Å². The Bertz CT molecular complexity index is 1040. The fraction of sp³-hybridized carbons (Fsp3) is 0.0952. The second kappa shape index (κ2) is 9.57. The molecule has 0 saturated carbocycles. The van der Waals surface area contributed by atoms with Crippen molar-refractivity contribution in [3.63, 3.8) is 0 Å². The number of ether oxygens (including phenoxy) is 2. The molecule has 3 rings (SSSR count).